The minimum atomic E-state index is -4.46. The number of nitrogens with two attached hydrogens (primary N) is 1. The molecule has 0 atom stereocenters. The number of nitrogens with zero attached hydrogens (tertiary/aromatic N) is 3. The third-order valence-electron chi connectivity index (χ3n) is 4.68. The second-order valence-electron chi connectivity index (χ2n) is 6.76. The van der Waals surface area contributed by atoms with Crippen molar-refractivity contribution in [1.29, 1.82) is 0 Å². The number of thiocarbonyl (C=S) groups is 1. The molecule has 9 heteroatoms. The molecule has 0 aliphatic carbocycles. The molecule has 1 saturated heterocycles. The van der Waals surface area contributed by atoms with Crippen LogP contribution in [0, 0.1) is 0 Å². The van der Waals surface area contributed by atoms with E-state index in [4.69, 9.17) is 5.73 Å². The van der Waals surface area contributed by atoms with E-state index in [2.05, 4.69) is 39.8 Å². The van der Waals surface area contributed by atoms with E-state index in [0.29, 0.717) is 31.7 Å². The van der Waals surface area contributed by atoms with Crippen molar-refractivity contribution in [3.05, 3.63) is 65.2 Å². The Kier molecular flexibility index (Phi) is 6.71. The molecule has 0 amide bonds. The van der Waals surface area contributed by atoms with Crippen LogP contribution in [0.3, 0.4) is 0 Å². The van der Waals surface area contributed by atoms with Crippen molar-refractivity contribution in [2.24, 2.45) is 10.8 Å². The summed E-state index contributed by atoms with van der Waals surface area (Å²) in [6.45, 7) is 3.27. The van der Waals surface area contributed by atoms with E-state index in [0.717, 1.165) is 12.6 Å². The first-order chi connectivity index (χ1) is 13.8. The van der Waals surface area contributed by atoms with Gasteiger partial charge in [-0.05, 0) is 35.5 Å². The molecular weight excluding hydrogens is 399 g/mol. The smallest absolute Gasteiger partial charge is 0.375 e. The number of hydrogen-bond donors (Lipinski definition) is 2. The number of alkyl halides is 3. The second kappa shape index (κ2) is 9.23. The maximum Gasteiger partial charge on any atom is 0.418 e. The Hall–Kier alpha value is -2.65. The van der Waals surface area contributed by atoms with Crippen LogP contribution >= 0.6 is 12.2 Å². The van der Waals surface area contributed by atoms with E-state index in [1.807, 2.05) is 18.2 Å². The normalized spacial score (nSPS) is 15.6. The topological polar surface area (TPSA) is 56.9 Å². The third kappa shape index (κ3) is 5.91. The first kappa shape index (κ1) is 21.1. The molecule has 2 aromatic rings. The molecule has 154 valence electrons. The van der Waals surface area contributed by atoms with Crippen molar-refractivity contribution in [3.8, 4) is 0 Å². The first-order valence-corrected chi connectivity index (χ1v) is 9.55. The Labute approximate surface area is 173 Å². The summed E-state index contributed by atoms with van der Waals surface area (Å²) in [6, 6.07) is 14.3. The maximum absolute atomic E-state index is 13.7. The van der Waals surface area contributed by atoms with Gasteiger partial charge in [0.05, 0.1) is 11.8 Å². The van der Waals surface area contributed by atoms with Crippen molar-refractivity contribution in [1.82, 2.24) is 10.3 Å². The summed E-state index contributed by atoms with van der Waals surface area (Å²) in [5.74, 6) is 0. The quantitative estimate of drug-likeness (QED) is 0.441. The number of benzene rings is 2. The van der Waals surface area contributed by atoms with Crippen molar-refractivity contribution < 1.29 is 13.2 Å². The Bertz CT molecular complexity index is 862. The zero-order chi connectivity index (χ0) is 20.9. The van der Waals surface area contributed by atoms with Crippen molar-refractivity contribution in [3.63, 3.8) is 0 Å². The fourth-order valence-corrected chi connectivity index (χ4v) is 3.35. The van der Waals surface area contributed by atoms with Crippen LogP contribution in [0.25, 0.3) is 0 Å². The molecule has 0 unspecified atom stereocenters. The molecule has 0 aromatic heterocycles. The van der Waals surface area contributed by atoms with Gasteiger partial charge in [-0.15, -0.1) is 0 Å². The van der Waals surface area contributed by atoms with E-state index in [1.165, 1.54) is 17.8 Å². The fourth-order valence-electron chi connectivity index (χ4n) is 3.30. The van der Waals surface area contributed by atoms with Gasteiger partial charge in [-0.2, -0.15) is 18.3 Å². The molecule has 3 N–H and O–H groups in total. The maximum atomic E-state index is 13.7. The highest BCUT2D eigenvalue weighted by molar-refractivity contribution is 7.80. The Morgan fingerprint density at radius 1 is 1.10 bits per heavy atom. The minimum absolute atomic E-state index is 0.0534. The molecule has 0 saturated carbocycles. The third-order valence-corrected chi connectivity index (χ3v) is 4.77. The van der Waals surface area contributed by atoms with Crippen LogP contribution in [0.5, 0.6) is 0 Å². The first-order valence-electron chi connectivity index (χ1n) is 9.14. The summed E-state index contributed by atoms with van der Waals surface area (Å²) in [4.78, 5) is 4.04. The van der Waals surface area contributed by atoms with Gasteiger partial charge < -0.3 is 10.6 Å². The number of hydrazone groups is 1. The van der Waals surface area contributed by atoms with Gasteiger partial charge >= 0.3 is 6.18 Å². The van der Waals surface area contributed by atoms with Gasteiger partial charge in [0.15, 0.2) is 5.11 Å². The van der Waals surface area contributed by atoms with Crippen molar-refractivity contribution >= 4 is 29.2 Å². The van der Waals surface area contributed by atoms with Crippen LogP contribution in [0.2, 0.25) is 0 Å². The van der Waals surface area contributed by atoms with Crippen LogP contribution in [0.1, 0.15) is 16.7 Å². The van der Waals surface area contributed by atoms with E-state index in [9.17, 15) is 13.2 Å². The van der Waals surface area contributed by atoms with Crippen LogP contribution in [-0.4, -0.2) is 42.4 Å². The molecule has 0 radical (unpaired) electrons. The summed E-state index contributed by atoms with van der Waals surface area (Å²) >= 11 is 4.62. The molecule has 29 heavy (non-hydrogen) atoms. The number of nitrogens with one attached hydrogen (secondary N) is 1. The van der Waals surface area contributed by atoms with Crippen molar-refractivity contribution in [2.75, 3.05) is 31.1 Å². The lowest BCUT2D eigenvalue weighted by atomic mass is 10.1. The Morgan fingerprint density at radius 2 is 1.79 bits per heavy atom. The summed E-state index contributed by atoms with van der Waals surface area (Å²) in [5.41, 5.74) is 8.62. The summed E-state index contributed by atoms with van der Waals surface area (Å²) < 4.78 is 41.0. The molecule has 1 aliphatic heterocycles. The van der Waals surface area contributed by atoms with Crippen LogP contribution in [-0.2, 0) is 12.7 Å². The molecule has 0 spiro atoms. The summed E-state index contributed by atoms with van der Waals surface area (Å²) in [5, 5.41) is 3.67. The number of piperazine rings is 1. The van der Waals surface area contributed by atoms with Gasteiger partial charge in [0, 0.05) is 38.4 Å². The average Bonchev–Trinajstić information content (AvgIpc) is 2.68. The molecule has 1 heterocycles. The highest BCUT2D eigenvalue weighted by Crippen LogP contribution is 2.37. The standard InChI is InChI=1S/C20H22F3N5S/c21-20(22,23)17-12-16(13-25-26-19(24)29)6-7-18(17)28-10-8-27(9-11-28)14-15-4-2-1-3-5-15/h1-7,12-13H,8-11,14H2,(H3,24,26,29)/b25-13+. The van der Waals surface area contributed by atoms with Crippen LogP contribution in [0.4, 0.5) is 18.9 Å². The fraction of sp³-hybridized carbons (Fsp3) is 0.300. The number of anilines is 1. The average molecular weight is 421 g/mol. The second-order valence-corrected chi connectivity index (χ2v) is 7.20. The van der Waals surface area contributed by atoms with Crippen molar-refractivity contribution in [2.45, 2.75) is 12.7 Å². The van der Waals surface area contributed by atoms with Gasteiger partial charge in [-0.1, -0.05) is 36.4 Å². The summed E-state index contributed by atoms with van der Waals surface area (Å²) in [6.07, 6.45) is -3.20. The number of rotatable bonds is 5. The van der Waals surface area contributed by atoms with E-state index in [-0.39, 0.29) is 10.8 Å². The molecule has 2 aromatic carbocycles. The zero-order valence-electron chi connectivity index (χ0n) is 15.7. The monoisotopic (exact) mass is 421 g/mol. The van der Waals surface area contributed by atoms with Gasteiger partial charge in [0.2, 0.25) is 0 Å². The Morgan fingerprint density at radius 3 is 2.41 bits per heavy atom. The largest absolute Gasteiger partial charge is 0.418 e. The van der Waals surface area contributed by atoms with Gasteiger partial charge in [-0.25, -0.2) is 0 Å². The lowest BCUT2D eigenvalue weighted by molar-refractivity contribution is -0.137. The van der Waals surface area contributed by atoms with Crippen LogP contribution in [0.15, 0.2) is 53.6 Å². The molecule has 5 nitrogen and oxygen atoms in total. The van der Waals surface area contributed by atoms with Gasteiger partial charge in [0.1, 0.15) is 0 Å². The lowest BCUT2D eigenvalue weighted by Gasteiger charge is -2.37. The molecule has 3 rings (SSSR count). The highest BCUT2D eigenvalue weighted by Gasteiger charge is 2.35. The SMILES string of the molecule is NC(=S)N/N=C/c1ccc(N2CCN(Cc3ccccc3)CC2)c(C(F)(F)F)c1. The molecule has 1 aliphatic rings. The van der Waals surface area contributed by atoms with Crippen LogP contribution < -0.4 is 16.1 Å². The van der Waals surface area contributed by atoms with Gasteiger partial charge in [0.25, 0.3) is 0 Å². The lowest BCUT2D eigenvalue weighted by Crippen LogP contribution is -2.46. The Balaban J connectivity index is 1.71. The molecule has 1 fully saturated rings. The zero-order valence-corrected chi connectivity index (χ0v) is 16.5. The van der Waals surface area contributed by atoms with E-state index >= 15 is 0 Å². The highest BCUT2D eigenvalue weighted by atomic mass is 32.1. The number of halogens is 3. The van der Waals surface area contributed by atoms with E-state index < -0.39 is 11.7 Å². The molecule has 0 bridgehead atoms. The summed E-state index contributed by atoms with van der Waals surface area (Å²) in [7, 11) is 0. The number of hydrogen-bond acceptors (Lipinski definition) is 4. The van der Waals surface area contributed by atoms with E-state index in [1.54, 1.807) is 11.0 Å². The van der Waals surface area contributed by atoms with Gasteiger partial charge in [-0.3, -0.25) is 10.3 Å². The minimum Gasteiger partial charge on any atom is -0.375 e. The molecular formula is C20H22F3N5S. The predicted octanol–water partition coefficient (Wildman–Crippen LogP) is 3.19. The predicted molar refractivity (Wildman–Crippen MR) is 113 cm³/mol.